The van der Waals surface area contributed by atoms with E-state index in [0.717, 1.165) is 44.7 Å². The smallest absolute Gasteiger partial charge is 0.123 e. The van der Waals surface area contributed by atoms with Gasteiger partial charge in [-0.15, -0.1) is 0 Å². The van der Waals surface area contributed by atoms with Crippen LogP contribution in [0.2, 0.25) is 0 Å². The predicted octanol–water partition coefficient (Wildman–Crippen LogP) is 5.65. The molecule has 4 aromatic rings. The number of aromatic amines is 1. The van der Waals surface area contributed by atoms with E-state index < -0.39 is 0 Å². The fourth-order valence-corrected chi connectivity index (χ4v) is 4.97. The number of H-pyrrole nitrogens is 1. The quantitative estimate of drug-likeness (QED) is 0.412. The third-order valence-corrected chi connectivity index (χ3v) is 6.67. The standard InChI is InChI=1S/C28H30FN3/c29-25-14-12-23(13-15-25)28(22-7-2-1-3-8-22)32-19-17-31(18-20-32)16-6-9-24-21-30-27-11-5-4-10-26(24)27/h1-5,7-8,10-15,21,28,30H,6,9,16-20H2/t28-/m1/s1. The predicted molar refractivity (Wildman–Crippen MR) is 129 cm³/mol. The van der Waals surface area contributed by atoms with E-state index >= 15 is 0 Å². The number of aromatic nitrogens is 1. The fraction of sp³-hybridized carbons (Fsp3) is 0.286. The Balaban J connectivity index is 1.20. The topological polar surface area (TPSA) is 22.3 Å². The van der Waals surface area contributed by atoms with Gasteiger partial charge in [0.15, 0.2) is 0 Å². The lowest BCUT2D eigenvalue weighted by molar-refractivity contribution is 0.109. The number of para-hydroxylation sites is 1. The molecule has 5 rings (SSSR count). The van der Waals surface area contributed by atoms with Gasteiger partial charge in [-0.2, -0.15) is 0 Å². The molecule has 1 saturated heterocycles. The Labute approximate surface area is 189 Å². The molecular formula is C28H30FN3. The van der Waals surface area contributed by atoms with Crippen LogP contribution < -0.4 is 0 Å². The van der Waals surface area contributed by atoms with Gasteiger partial charge in [-0.25, -0.2) is 4.39 Å². The van der Waals surface area contributed by atoms with E-state index in [1.165, 1.54) is 28.5 Å². The Morgan fingerprint density at radius 2 is 1.47 bits per heavy atom. The largest absolute Gasteiger partial charge is 0.361 e. The summed E-state index contributed by atoms with van der Waals surface area (Å²) in [7, 11) is 0. The summed E-state index contributed by atoms with van der Waals surface area (Å²) in [6.45, 7) is 5.30. The number of piperazine rings is 1. The van der Waals surface area contributed by atoms with Gasteiger partial charge >= 0.3 is 0 Å². The highest BCUT2D eigenvalue weighted by Crippen LogP contribution is 2.30. The normalized spacial score (nSPS) is 16.4. The molecular weight excluding hydrogens is 397 g/mol. The average molecular weight is 428 g/mol. The molecule has 0 saturated carbocycles. The molecule has 0 unspecified atom stereocenters. The third kappa shape index (κ3) is 4.62. The molecule has 1 atom stereocenters. The molecule has 3 aromatic carbocycles. The van der Waals surface area contributed by atoms with Crippen molar-refractivity contribution in [3.05, 3.63) is 108 Å². The van der Waals surface area contributed by atoms with E-state index in [1.54, 1.807) is 12.1 Å². The first kappa shape index (κ1) is 20.9. The minimum atomic E-state index is -0.180. The summed E-state index contributed by atoms with van der Waals surface area (Å²) in [6.07, 6.45) is 4.43. The van der Waals surface area contributed by atoms with Crippen molar-refractivity contribution in [2.75, 3.05) is 32.7 Å². The Morgan fingerprint density at radius 1 is 0.781 bits per heavy atom. The molecule has 1 aromatic heterocycles. The number of fused-ring (bicyclic) bond motifs is 1. The van der Waals surface area contributed by atoms with Crippen LogP contribution in [-0.4, -0.2) is 47.5 Å². The summed E-state index contributed by atoms with van der Waals surface area (Å²) in [5.41, 5.74) is 5.07. The summed E-state index contributed by atoms with van der Waals surface area (Å²) < 4.78 is 13.5. The van der Waals surface area contributed by atoms with E-state index in [9.17, 15) is 4.39 Å². The van der Waals surface area contributed by atoms with Crippen LogP contribution in [0.1, 0.15) is 29.2 Å². The van der Waals surface area contributed by atoms with Gasteiger partial charge in [-0.3, -0.25) is 4.90 Å². The van der Waals surface area contributed by atoms with Gasteiger partial charge in [0, 0.05) is 43.3 Å². The molecule has 1 aliphatic rings. The van der Waals surface area contributed by atoms with Gasteiger partial charge in [-0.1, -0.05) is 60.7 Å². The number of hydrogen-bond acceptors (Lipinski definition) is 2. The molecule has 0 spiro atoms. The summed E-state index contributed by atoms with van der Waals surface area (Å²) in [5, 5.41) is 1.35. The van der Waals surface area contributed by atoms with Crippen LogP contribution in [0.5, 0.6) is 0 Å². The molecule has 1 aliphatic heterocycles. The van der Waals surface area contributed by atoms with Gasteiger partial charge in [0.25, 0.3) is 0 Å². The Morgan fingerprint density at radius 3 is 2.25 bits per heavy atom. The van der Waals surface area contributed by atoms with Crippen molar-refractivity contribution in [2.24, 2.45) is 0 Å². The van der Waals surface area contributed by atoms with Crippen LogP contribution in [0.25, 0.3) is 10.9 Å². The van der Waals surface area contributed by atoms with Gasteiger partial charge in [0.05, 0.1) is 6.04 Å². The Kier molecular flexibility index (Phi) is 6.33. The van der Waals surface area contributed by atoms with Crippen molar-refractivity contribution in [1.29, 1.82) is 0 Å². The molecule has 3 nitrogen and oxygen atoms in total. The van der Waals surface area contributed by atoms with E-state index in [0.29, 0.717) is 0 Å². The van der Waals surface area contributed by atoms with Crippen LogP contribution in [0.3, 0.4) is 0 Å². The number of nitrogens with zero attached hydrogens (tertiary/aromatic N) is 2. The number of benzene rings is 3. The molecule has 1 fully saturated rings. The van der Waals surface area contributed by atoms with E-state index in [2.05, 4.69) is 75.6 Å². The first-order valence-electron chi connectivity index (χ1n) is 11.6. The van der Waals surface area contributed by atoms with Crippen LogP contribution in [0.15, 0.2) is 85.1 Å². The number of halogens is 1. The lowest BCUT2D eigenvalue weighted by Gasteiger charge is -2.40. The number of aryl methyl sites for hydroxylation is 1. The van der Waals surface area contributed by atoms with Gasteiger partial charge in [-0.05, 0) is 54.3 Å². The molecule has 0 amide bonds. The summed E-state index contributed by atoms with van der Waals surface area (Å²) in [4.78, 5) is 8.51. The summed E-state index contributed by atoms with van der Waals surface area (Å²) in [5.74, 6) is -0.180. The summed E-state index contributed by atoms with van der Waals surface area (Å²) in [6, 6.07) is 26.3. The second-order valence-electron chi connectivity index (χ2n) is 8.71. The zero-order valence-corrected chi connectivity index (χ0v) is 18.4. The molecule has 32 heavy (non-hydrogen) atoms. The Hall–Kier alpha value is -2.95. The molecule has 4 heteroatoms. The molecule has 0 bridgehead atoms. The maximum absolute atomic E-state index is 13.5. The van der Waals surface area contributed by atoms with Crippen molar-refractivity contribution in [3.8, 4) is 0 Å². The van der Waals surface area contributed by atoms with Crippen LogP contribution in [0, 0.1) is 5.82 Å². The van der Waals surface area contributed by atoms with Gasteiger partial charge < -0.3 is 9.88 Å². The lowest BCUT2D eigenvalue weighted by atomic mass is 9.96. The average Bonchev–Trinajstić information content (AvgIpc) is 3.25. The highest BCUT2D eigenvalue weighted by Gasteiger charge is 2.26. The first-order valence-corrected chi connectivity index (χ1v) is 11.6. The second-order valence-corrected chi connectivity index (χ2v) is 8.71. The zero-order valence-electron chi connectivity index (χ0n) is 18.4. The van der Waals surface area contributed by atoms with Crippen LogP contribution >= 0.6 is 0 Å². The van der Waals surface area contributed by atoms with Crippen molar-refractivity contribution < 1.29 is 4.39 Å². The van der Waals surface area contributed by atoms with E-state index in [1.807, 2.05) is 12.1 Å². The monoisotopic (exact) mass is 427 g/mol. The number of rotatable bonds is 7. The minimum absolute atomic E-state index is 0.171. The van der Waals surface area contributed by atoms with Gasteiger partial charge in [0.1, 0.15) is 5.82 Å². The van der Waals surface area contributed by atoms with Crippen molar-refractivity contribution in [3.63, 3.8) is 0 Å². The SMILES string of the molecule is Fc1ccc([C@@H](c2ccccc2)N2CCN(CCCc3c[nH]c4ccccc34)CC2)cc1. The van der Waals surface area contributed by atoms with Gasteiger partial charge in [0.2, 0.25) is 0 Å². The van der Waals surface area contributed by atoms with Crippen molar-refractivity contribution in [1.82, 2.24) is 14.8 Å². The van der Waals surface area contributed by atoms with Crippen LogP contribution in [0.4, 0.5) is 4.39 Å². The van der Waals surface area contributed by atoms with E-state index in [4.69, 9.17) is 0 Å². The minimum Gasteiger partial charge on any atom is -0.361 e. The number of hydrogen-bond donors (Lipinski definition) is 1. The number of nitrogens with one attached hydrogen (secondary N) is 1. The molecule has 1 N–H and O–H groups in total. The highest BCUT2D eigenvalue weighted by molar-refractivity contribution is 5.82. The lowest BCUT2D eigenvalue weighted by Crippen LogP contribution is -2.48. The highest BCUT2D eigenvalue weighted by atomic mass is 19.1. The molecule has 0 radical (unpaired) electrons. The second kappa shape index (κ2) is 9.68. The maximum atomic E-state index is 13.5. The van der Waals surface area contributed by atoms with Crippen LogP contribution in [-0.2, 0) is 6.42 Å². The third-order valence-electron chi connectivity index (χ3n) is 6.67. The molecule has 2 heterocycles. The summed E-state index contributed by atoms with van der Waals surface area (Å²) >= 11 is 0. The zero-order chi connectivity index (χ0) is 21.8. The van der Waals surface area contributed by atoms with Crippen molar-refractivity contribution in [2.45, 2.75) is 18.9 Å². The molecule has 0 aliphatic carbocycles. The Bertz CT molecular complexity index is 1130. The van der Waals surface area contributed by atoms with Crippen molar-refractivity contribution >= 4 is 10.9 Å². The van der Waals surface area contributed by atoms with E-state index in [-0.39, 0.29) is 11.9 Å². The maximum Gasteiger partial charge on any atom is 0.123 e. The fourth-order valence-electron chi connectivity index (χ4n) is 4.97. The first-order chi connectivity index (χ1) is 15.8. The molecule has 164 valence electrons.